The fraction of sp³-hybridized carbons (Fsp3) is 0.222. The number of non-ortho nitro benzene ring substituents is 1. The van der Waals surface area contributed by atoms with Crippen LogP contribution >= 0.6 is 0 Å². The number of carbonyl (C=O) groups is 1. The van der Waals surface area contributed by atoms with Gasteiger partial charge < -0.3 is 10.2 Å². The third-order valence-electron chi connectivity index (χ3n) is 5.99. The van der Waals surface area contributed by atoms with E-state index in [-0.39, 0.29) is 23.7 Å². The molecule has 6 nitrogen and oxygen atoms in total. The van der Waals surface area contributed by atoms with Crippen molar-refractivity contribution in [3.05, 3.63) is 105 Å². The zero-order valence-electron chi connectivity index (χ0n) is 19.0. The normalized spacial score (nSPS) is 17.6. The Morgan fingerprint density at radius 3 is 2.36 bits per heavy atom. The van der Waals surface area contributed by atoms with Gasteiger partial charge in [-0.15, -0.1) is 0 Å². The summed E-state index contributed by atoms with van der Waals surface area (Å²) in [5, 5.41) is 14.5. The van der Waals surface area contributed by atoms with Crippen LogP contribution in [0.25, 0.3) is 6.08 Å². The quantitative estimate of drug-likeness (QED) is 0.290. The number of amides is 1. The number of aryl methyl sites for hydroxylation is 2. The highest BCUT2D eigenvalue weighted by Gasteiger charge is 2.33. The lowest BCUT2D eigenvalue weighted by Gasteiger charge is -2.39. The first-order valence-electron chi connectivity index (χ1n) is 11.0. The molecule has 3 aromatic carbocycles. The van der Waals surface area contributed by atoms with Gasteiger partial charge in [0.2, 0.25) is 0 Å². The summed E-state index contributed by atoms with van der Waals surface area (Å²) < 4.78 is 0. The molecule has 6 heteroatoms. The lowest BCUT2D eigenvalue weighted by molar-refractivity contribution is -0.384. The van der Waals surface area contributed by atoms with Crippen LogP contribution in [-0.4, -0.2) is 16.9 Å². The molecule has 4 rings (SSSR count). The van der Waals surface area contributed by atoms with Crippen molar-refractivity contribution in [2.45, 2.75) is 39.3 Å². The monoisotopic (exact) mass is 441 g/mol. The van der Waals surface area contributed by atoms with Crippen molar-refractivity contribution in [3.8, 4) is 0 Å². The van der Waals surface area contributed by atoms with Crippen molar-refractivity contribution < 1.29 is 9.72 Å². The van der Waals surface area contributed by atoms with Gasteiger partial charge in [-0.25, -0.2) is 0 Å². The molecule has 2 atom stereocenters. The van der Waals surface area contributed by atoms with Gasteiger partial charge in [0.05, 0.1) is 11.0 Å². The fourth-order valence-corrected chi connectivity index (χ4v) is 4.26. The van der Waals surface area contributed by atoms with Crippen LogP contribution in [0.5, 0.6) is 0 Å². The van der Waals surface area contributed by atoms with Gasteiger partial charge in [-0.05, 0) is 74.7 Å². The maximum absolute atomic E-state index is 13.2. The second-order valence-electron chi connectivity index (χ2n) is 8.60. The molecule has 0 aromatic heterocycles. The van der Waals surface area contributed by atoms with E-state index < -0.39 is 4.92 Å². The van der Waals surface area contributed by atoms with Crippen LogP contribution in [0.3, 0.4) is 0 Å². The SMILES string of the molecule is Cc1ccc(NC2CC(C)N(C(=O)C=Cc3ccc([N+](=O)[O-])cc3)c3ccc(C)cc32)cc1. The van der Waals surface area contributed by atoms with Gasteiger partial charge in [-0.1, -0.05) is 35.4 Å². The number of hydrogen-bond acceptors (Lipinski definition) is 4. The largest absolute Gasteiger partial charge is 0.378 e. The van der Waals surface area contributed by atoms with Crippen LogP contribution in [0.4, 0.5) is 17.1 Å². The minimum absolute atomic E-state index is 0.00262. The van der Waals surface area contributed by atoms with E-state index in [1.54, 1.807) is 18.2 Å². The van der Waals surface area contributed by atoms with E-state index in [2.05, 4.69) is 56.4 Å². The zero-order valence-corrected chi connectivity index (χ0v) is 19.0. The van der Waals surface area contributed by atoms with Crippen molar-refractivity contribution >= 4 is 29.0 Å². The number of nitro benzene ring substituents is 1. The summed E-state index contributed by atoms with van der Waals surface area (Å²) in [4.78, 5) is 25.5. The molecule has 1 amide bonds. The van der Waals surface area contributed by atoms with Gasteiger partial charge in [0, 0.05) is 35.6 Å². The van der Waals surface area contributed by atoms with Crippen LogP contribution in [0.1, 0.15) is 41.6 Å². The first-order valence-corrected chi connectivity index (χ1v) is 11.0. The number of nitro groups is 1. The van der Waals surface area contributed by atoms with Crippen LogP contribution in [-0.2, 0) is 4.79 Å². The standard InChI is InChI=1S/C27H27N3O3/c1-18-4-10-22(11-5-18)28-25-17-20(3)29(26-14-6-19(2)16-24(25)26)27(31)15-9-21-7-12-23(13-8-21)30(32)33/h4-16,20,25,28H,17H2,1-3H3. The highest BCUT2D eigenvalue weighted by atomic mass is 16.6. The Balaban J connectivity index is 1.59. The van der Waals surface area contributed by atoms with Crippen LogP contribution < -0.4 is 10.2 Å². The third kappa shape index (κ3) is 4.95. The fourth-order valence-electron chi connectivity index (χ4n) is 4.26. The van der Waals surface area contributed by atoms with Gasteiger partial charge in [-0.2, -0.15) is 0 Å². The first-order chi connectivity index (χ1) is 15.8. The predicted molar refractivity (Wildman–Crippen MR) is 132 cm³/mol. The number of hydrogen-bond donors (Lipinski definition) is 1. The minimum Gasteiger partial charge on any atom is -0.378 e. The zero-order chi connectivity index (χ0) is 23.5. The maximum atomic E-state index is 13.2. The molecule has 1 aliphatic rings. The second-order valence-corrected chi connectivity index (χ2v) is 8.60. The number of rotatable bonds is 5. The summed E-state index contributed by atoms with van der Waals surface area (Å²) in [5.41, 5.74) is 6.19. The Hall–Kier alpha value is -3.93. The first kappa shape index (κ1) is 22.3. The Morgan fingerprint density at radius 2 is 1.70 bits per heavy atom. The average Bonchev–Trinajstić information content (AvgIpc) is 2.79. The molecule has 0 bridgehead atoms. The van der Waals surface area contributed by atoms with E-state index in [1.165, 1.54) is 23.8 Å². The van der Waals surface area contributed by atoms with Gasteiger partial charge in [0.25, 0.3) is 11.6 Å². The molecular weight excluding hydrogens is 414 g/mol. The number of nitrogens with one attached hydrogen (secondary N) is 1. The molecule has 1 heterocycles. The van der Waals surface area contributed by atoms with E-state index in [0.29, 0.717) is 0 Å². The highest BCUT2D eigenvalue weighted by molar-refractivity contribution is 6.05. The number of anilines is 2. The molecule has 0 radical (unpaired) electrons. The molecule has 1 aliphatic heterocycles. The van der Waals surface area contributed by atoms with Gasteiger partial charge in [-0.3, -0.25) is 14.9 Å². The van der Waals surface area contributed by atoms with Gasteiger partial charge >= 0.3 is 0 Å². The highest BCUT2D eigenvalue weighted by Crippen LogP contribution is 2.39. The van der Waals surface area contributed by atoms with Crippen molar-refractivity contribution in [2.24, 2.45) is 0 Å². The Morgan fingerprint density at radius 1 is 1.03 bits per heavy atom. The van der Waals surface area contributed by atoms with E-state index in [1.807, 2.05) is 17.0 Å². The summed E-state index contributed by atoms with van der Waals surface area (Å²) in [5.74, 6) is -0.111. The molecule has 3 aromatic rings. The van der Waals surface area contributed by atoms with Crippen molar-refractivity contribution in [1.82, 2.24) is 0 Å². The summed E-state index contributed by atoms with van der Waals surface area (Å²) in [6.45, 7) is 6.19. The lowest BCUT2D eigenvalue weighted by atomic mass is 9.90. The van der Waals surface area contributed by atoms with Crippen LogP contribution in [0, 0.1) is 24.0 Å². The van der Waals surface area contributed by atoms with Crippen molar-refractivity contribution in [3.63, 3.8) is 0 Å². The Bertz CT molecular complexity index is 1200. The number of fused-ring (bicyclic) bond motifs is 1. The Labute approximate surface area is 193 Å². The smallest absolute Gasteiger partial charge is 0.269 e. The number of carbonyl (C=O) groups excluding carboxylic acids is 1. The number of nitrogens with zero attached hydrogens (tertiary/aromatic N) is 2. The summed E-state index contributed by atoms with van der Waals surface area (Å²) >= 11 is 0. The molecule has 168 valence electrons. The maximum Gasteiger partial charge on any atom is 0.269 e. The number of benzene rings is 3. The van der Waals surface area contributed by atoms with E-state index in [0.717, 1.165) is 34.5 Å². The molecule has 0 aliphatic carbocycles. The minimum atomic E-state index is -0.436. The van der Waals surface area contributed by atoms with Crippen LogP contribution in [0.15, 0.2) is 72.8 Å². The molecular formula is C27H27N3O3. The van der Waals surface area contributed by atoms with E-state index >= 15 is 0 Å². The molecule has 0 fully saturated rings. The topological polar surface area (TPSA) is 75.5 Å². The summed E-state index contributed by atoms with van der Waals surface area (Å²) in [6, 6.07) is 20.8. The molecule has 2 unspecified atom stereocenters. The average molecular weight is 442 g/mol. The van der Waals surface area contributed by atoms with Gasteiger partial charge in [0.15, 0.2) is 0 Å². The molecule has 0 saturated heterocycles. The molecule has 33 heavy (non-hydrogen) atoms. The summed E-state index contributed by atoms with van der Waals surface area (Å²) in [6.07, 6.45) is 4.01. The molecule has 0 spiro atoms. The van der Waals surface area contributed by atoms with E-state index in [9.17, 15) is 14.9 Å². The Kier molecular flexibility index (Phi) is 6.27. The molecule has 0 saturated carbocycles. The van der Waals surface area contributed by atoms with Gasteiger partial charge in [0.1, 0.15) is 0 Å². The lowest BCUT2D eigenvalue weighted by Crippen LogP contribution is -2.43. The predicted octanol–water partition coefficient (Wildman–Crippen LogP) is 6.20. The van der Waals surface area contributed by atoms with E-state index in [4.69, 9.17) is 0 Å². The third-order valence-corrected chi connectivity index (χ3v) is 5.99. The summed E-state index contributed by atoms with van der Waals surface area (Å²) in [7, 11) is 0. The second kappa shape index (κ2) is 9.28. The van der Waals surface area contributed by atoms with Crippen molar-refractivity contribution in [1.29, 1.82) is 0 Å². The molecule has 1 N–H and O–H groups in total. The van der Waals surface area contributed by atoms with Crippen molar-refractivity contribution in [2.75, 3.05) is 10.2 Å². The van der Waals surface area contributed by atoms with Crippen LogP contribution in [0.2, 0.25) is 0 Å².